The number of benzene rings is 2. The maximum absolute atomic E-state index is 13.4. The van der Waals surface area contributed by atoms with Gasteiger partial charge in [0.1, 0.15) is 5.82 Å². The average molecular weight is 472 g/mol. The molecule has 1 atom stereocenters. The van der Waals surface area contributed by atoms with Crippen LogP contribution in [-0.4, -0.2) is 47.5 Å². The predicted octanol–water partition coefficient (Wildman–Crippen LogP) is 3.92. The lowest BCUT2D eigenvalue weighted by Crippen LogP contribution is -2.19. The molecule has 32 heavy (non-hydrogen) atoms. The number of aromatic nitrogens is 4. The van der Waals surface area contributed by atoms with Crippen LogP contribution in [0.3, 0.4) is 0 Å². The van der Waals surface area contributed by atoms with Gasteiger partial charge in [-0.25, -0.2) is 13.4 Å². The summed E-state index contributed by atoms with van der Waals surface area (Å²) in [6.45, 7) is 3.33. The number of hydrogen-bond acceptors (Lipinski definition) is 7. The number of ether oxygens (including phenoxy) is 1. The van der Waals surface area contributed by atoms with Crippen LogP contribution in [0.4, 0.5) is 5.82 Å². The smallest absolute Gasteiger partial charge is 0.229 e. The van der Waals surface area contributed by atoms with Crippen molar-refractivity contribution in [1.29, 1.82) is 0 Å². The molecule has 10 heteroatoms. The molecule has 0 unspecified atom stereocenters. The summed E-state index contributed by atoms with van der Waals surface area (Å²) in [5.41, 5.74) is 1.87. The van der Waals surface area contributed by atoms with Crippen LogP contribution in [0.5, 0.6) is 0 Å². The van der Waals surface area contributed by atoms with Crippen LogP contribution in [0.2, 0.25) is 5.02 Å². The third kappa shape index (κ3) is 3.70. The summed E-state index contributed by atoms with van der Waals surface area (Å²) in [6, 6.07) is 12.1. The van der Waals surface area contributed by atoms with E-state index in [4.69, 9.17) is 16.3 Å². The summed E-state index contributed by atoms with van der Waals surface area (Å²) in [4.78, 5) is 4.78. The van der Waals surface area contributed by atoms with E-state index in [-0.39, 0.29) is 21.7 Å². The predicted molar refractivity (Wildman–Crippen MR) is 122 cm³/mol. The maximum Gasteiger partial charge on any atom is 0.229 e. The molecule has 0 amide bonds. The minimum Gasteiger partial charge on any atom is -0.376 e. The first-order chi connectivity index (χ1) is 15.5. The van der Waals surface area contributed by atoms with Crippen LogP contribution in [0, 0.1) is 0 Å². The SMILES string of the molecule is CCc1ccc(S(=O)(=O)c2nnn3c2nc(NC[C@H]2CCCO2)c2cc(Cl)ccc23)cc1. The Bertz CT molecular complexity index is 1400. The van der Waals surface area contributed by atoms with Gasteiger partial charge in [0.2, 0.25) is 14.9 Å². The van der Waals surface area contributed by atoms with Crippen LogP contribution < -0.4 is 5.32 Å². The van der Waals surface area contributed by atoms with Gasteiger partial charge >= 0.3 is 0 Å². The van der Waals surface area contributed by atoms with Gasteiger partial charge in [0, 0.05) is 23.6 Å². The lowest BCUT2D eigenvalue weighted by atomic mass is 10.2. The molecule has 3 heterocycles. The summed E-state index contributed by atoms with van der Waals surface area (Å²) in [7, 11) is -3.91. The van der Waals surface area contributed by atoms with Gasteiger partial charge in [-0.15, -0.1) is 5.10 Å². The van der Waals surface area contributed by atoms with Crippen molar-refractivity contribution in [2.75, 3.05) is 18.5 Å². The van der Waals surface area contributed by atoms with Crippen molar-refractivity contribution in [2.45, 2.75) is 42.2 Å². The molecule has 0 spiro atoms. The van der Waals surface area contributed by atoms with E-state index in [1.807, 2.05) is 6.92 Å². The van der Waals surface area contributed by atoms with Crippen molar-refractivity contribution < 1.29 is 13.2 Å². The number of fused-ring (bicyclic) bond motifs is 3. The lowest BCUT2D eigenvalue weighted by Gasteiger charge is -2.14. The Morgan fingerprint density at radius 2 is 2.03 bits per heavy atom. The number of nitrogens with one attached hydrogen (secondary N) is 1. The third-order valence-electron chi connectivity index (χ3n) is 5.69. The number of sulfone groups is 1. The highest BCUT2D eigenvalue weighted by Crippen LogP contribution is 2.30. The number of aryl methyl sites for hydroxylation is 1. The fourth-order valence-corrected chi connectivity index (χ4v) is 5.32. The van der Waals surface area contributed by atoms with E-state index >= 15 is 0 Å². The van der Waals surface area contributed by atoms with E-state index in [9.17, 15) is 8.42 Å². The molecule has 2 aromatic heterocycles. The number of anilines is 1. The Balaban J connectivity index is 1.64. The normalized spacial score (nSPS) is 16.8. The second-order valence-electron chi connectivity index (χ2n) is 7.77. The molecule has 2 aromatic carbocycles. The van der Waals surface area contributed by atoms with Crippen LogP contribution in [0.25, 0.3) is 16.6 Å². The molecular weight excluding hydrogens is 450 g/mol. The molecule has 4 aromatic rings. The quantitative estimate of drug-likeness (QED) is 0.455. The van der Waals surface area contributed by atoms with Gasteiger partial charge in [-0.1, -0.05) is 35.9 Å². The van der Waals surface area contributed by atoms with E-state index in [1.54, 1.807) is 42.5 Å². The molecule has 8 nitrogen and oxygen atoms in total. The zero-order chi connectivity index (χ0) is 22.3. The van der Waals surface area contributed by atoms with E-state index < -0.39 is 9.84 Å². The second-order valence-corrected chi connectivity index (χ2v) is 10.1. The minimum atomic E-state index is -3.91. The van der Waals surface area contributed by atoms with Crippen LogP contribution in [-0.2, 0) is 21.0 Å². The first-order valence-electron chi connectivity index (χ1n) is 10.5. The van der Waals surface area contributed by atoms with Gasteiger partial charge < -0.3 is 10.1 Å². The molecule has 0 aliphatic carbocycles. The number of halogens is 1. The zero-order valence-corrected chi connectivity index (χ0v) is 19.0. The van der Waals surface area contributed by atoms with Crippen molar-refractivity contribution in [3.63, 3.8) is 0 Å². The maximum atomic E-state index is 13.4. The first-order valence-corrected chi connectivity index (χ1v) is 12.4. The topological polar surface area (TPSA) is 98.5 Å². The van der Waals surface area contributed by atoms with Crippen LogP contribution in [0.15, 0.2) is 52.4 Å². The van der Waals surface area contributed by atoms with E-state index in [2.05, 4.69) is 20.6 Å². The van der Waals surface area contributed by atoms with Crippen molar-refractivity contribution >= 4 is 43.8 Å². The highest BCUT2D eigenvalue weighted by Gasteiger charge is 2.27. The van der Waals surface area contributed by atoms with Crippen LogP contribution >= 0.6 is 11.6 Å². The molecule has 1 N–H and O–H groups in total. The summed E-state index contributed by atoms with van der Waals surface area (Å²) in [6.07, 6.45) is 2.91. The number of hydrogen-bond donors (Lipinski definition) is 1. The fourth-order valence-electron chi connectivity index (χ4n) is 3.91. The van der Waals surface area contributed by atoms with E-state index in [0.29, 0.717) is 22.9 Å². The third-order valence-corrected chi connectivity index (χ3v) is 7.60. The van der Waals surface area contributed by atoms with E-state index in [0.717, 1.165) is 36.8 Å². The molecule has 0 radical (unpaired) electrons. The lowest BCUT2D eigenvalue weighted by molar-refractivity contribution is 0.120. The fraction of sp³-hybridized carbons (Fsp3) is 0.318. The standard InChI is InChI=1S/C22H22ClN5O3S/c1-2-14-5-8-17(9-6-14)32(29,30)22-21-25-20(24-13-16-4-3-11-31-16)18-12-15(23)7-10-19(18)28(21)27-26-22/h5-10,12,16H,2-4,11,13H2,1H3,(H,24,25)/t16-/m1/s1. The first kappa shape index (κ1) is 21.1. The molecule has 0 bridgehead atoms. The summed E-state index contributed by atoms with van der Waals surface area (Å²) >= 11 is 6.23. The summed E-state index contributed by atoms with van der Waals surface area (Å²) in [5, 5.41) is 12.5. The van der Waals surface area contributed by atoms with Gasteiger partial charge in [-0.3, -0.25) is 0 Å². The molecule has 1 saturated heterocycles. The van der Waals surface area contributed by atoms with Crippen molar-refractivity contribution in [3.05, 3.63) is 53.1 Å². The molecule has 5 rings (SSSR count). The van der Waals surface area contributed by atoms with E-state index in [1.165, 1.54) is 4.52 Å². The second kappa shape index (κ2) is 8.31. The molecular formula is C22H22ClN5O3S. The molecule has 1 fully saturated rings. The summed E-state index contributed by atoms with van der Waals surface area (Å²) in [5.74, 6) is 0.519. The Kier molecular flexibility index (Phi) is 5.48. The van der Waals surface area contributed by atoms with Gasteiger partial charge in [-0.05, 0) is 55.2 Å². The van der Waals surface area contributed by atoms with Gasteiger partial charge in [-0.2, -0.15) is 4.52 Å². The van der Waals surface area contributed by atoms with Crippen molar-refractivity contribution in [1.82, 2.24) is 19.8 Å². The van der Waals surface area contributed by atoms with Gasteiger partial charge in [0.05, 0.1) is 16.5 Å². The molecule has 0 saturated carbocycles. The zero-order valence-electron chi connectivity index (χ0n) is 17.5. The van der Waals surface area contributed by atoms with Crippen molar-refractivity contribution in [2.24, 2.45) is 0 Å². The molecule has 1 aliphatic heterocycles. The molecule has 166 valence electrons. The number of nitrogens with zero attached hydrogens (tertiary/aromatic N) is 4. The number of rotatable bonds is 6. The Hall–Kier alpha value is -2.75. The largest absolute Gasteiger partial charge is 0.376 e. The highest BCUT2D eigenvalue weighted by molar-refractivity contribution is 7.91. The van der Waals surface area contributed by atoms with Crippen molar-refractivity contribution in [3.8, 4) is 0 Å². The average Bonchev–Trinajstić information content (AvgIpc) is 3.47. The Labute approximate surface area is 190 Å². The van der Waals surface area contributed by atoms with Gasteiger partial charge in [0.25, 0.3) is 0 Å². The molecule has 1 aliphatic rings. The monoisotopic (exact) mass is 471 g/mol. The van der Waals surface area contributed by atoms with Gasteiger partial charge in [0.15, 0.2) is 5.65 Å². The Morgan fingerprint density at radius 3 is 2.75 bits per heavy atom. The van der Waals surface area contributed by atoms with Crippen LogP contribution in [0.1, 0.15) is 25.3 Å². The minimum absolute atomic E-state index is 0.0885. The highest BCUT2D eigenvalue weighted by atomic mass is 35.5. The Morgan fingerprint density at radius 1 is 1.22 bits per heavy atom. The summed E-state index contributed by atoms with van der Waals surface area (Å²) < 4.78 is 33.9.